The molecular formula is C16H25NO. The fourth-order valence-corrected chi connectivity index (χ4v) is 2.17. The quantitative estimate of drug-likeness (QED) is 0.797. The summed E-state index contributed by atoms with van der Waals surface area (Å²) >= 11 is 0. The topological polar surface area (TPSA) is 21.3 Å². The zero-order valence-electron chi connectivity index (χ0n) is 11.8. The van der Waals surface area contributed by atoms with Crippen molar-refractivity contribution in [2.45, 2.75) is 45.6 Å². The first kappa shape index (κ1) is 13.4. The number of benzene rings is 1. The predicted molar refractivity (Wildman–Crippen MR) is 76.1 cm³/mol. The lowest BCUT2D eigenvalue weighted by Crippen LogP contribution is -2.35. The molecule has 0 heterocycles. The third-order valence-corrected chi connectivity index (χ3v) is 3.49. The van der Waals surface area contributed by atoms with E-state index in [1.165, 1.54) is 18.4 Å². The van der Waals surface area contributed by atoms with Crippen molar-refractivity contribution in [3.05, 3.63) is 29.8 Å². The van der Waals surface area contributed by atoms with Crippen molar-refractivity contribution in [3.63, 3.8) is 0 Å². The summed E-state index contributed by atoms with van der Waals surface area (Å²) < 4.78 is 6.25. The maximum Gasteiger partial charge on any atom is 0.123 e. The summed E-state index contributed by atoms with van der Waals surface area (Å²) in [5, 5.41) is 3.52. The van der Waals surface area contributed by atoms with Crippen LogP contribution in [0.2, 0.25) is 0 Å². The molecule has 0 saturated heterocycles. The average molecular weight is 247 g/mol. The number of rotatable bonds is 7. The zero-order chi connectivity index (χ0) is 13.0. The monoisotopic (exact) mass is 247 g/mol. The number of hydrogen-bond donors (Lipinski definition) is 1. The Morgan fingerprint density at radius 3 is 2.61 bits per heavy atom. The van der Waals surface area contributed by atoms with Crippen LogP contribution >= 0.6 is 0 Å². The Morgan fingerprint density at radius 2 is 2.00 bits per heavy atom. The highest BCUT2D eigenvalue weighted by molar-refractivity contribution is 5.34. The van der Waals surface area contributed by atoms with E-state index in [0.717, 1.165) is 25.3 Å². The molecule has 0 aliphatic heterocycles. The first-order chi connectivity index (χ1) is 8.65. The van der Waals surface area contributed by atoms with E-state index in [9.17, 15) is 0 Å². The molecule has 0 atom stereocenters. The highest BCUT2D eigenvalue weighted by atomic mass is 16.5. The molecule has 18 heavy (non-hydrogen) atoms. The smallest absolute Gasteiger partial charge is 0.123 e. The van der Waals surface area contributed by atoms with Gasteiger partial charge in [-0.2, -0.15) is 0 Å². The summed E-state index contributed by atoms with van der Waals surface area (Å²) in [6.45, 7) is 8.70. The van der Waals surface area contributed by atoms with E-state index < -0.39 is 0 Å². The van der Waals surface area contributed by atoms with Crippen molar-refractivity contribution >= 4 is 0 Å². The molecular weight excluding hydrogens is 222 g/mol. The molecule has 1 fully saturated rings. The molecule has 2 heteroatoms. The second-order valence-electron chi connectivity index (χ2n) is 5.77. The lowest BCUT2D eigenvalue weighted by Gasteiger charge is -2.21. The zero-order valence-corrected chi connectivity index (χ0v) is 11.8. The number of para-hydroxylation sites is 1. The second-order valence-corrected chi connectivity index (χ2v) is 5.77. The Hall–Kier alpha value is -1.02. The van der Waals surface area contributed by atoms with Crippen LogP contribution in [-0.2, 0) is 6.42 Å². The minimum absolute atomic E-state index is 0.0696. The molecule has 0 unspecified atom stereocenters. The van der Waals surface area contributed by atoms with Crippen LogP contribution in [0.1, 0.15) is 39.2 Å². The molecule has 0 spiro atoms. The highest BCUT2D eigenvalue weighted by Gasteiger charge is 2.45. The van der Waals surface area contributed by atoms with E-state index in [4.69, 9.17) is 4.74 Å². The number of ether oxygens (including phenoxy) is 1. The average Bonchev–Trinajstić information content (AvgIpc) is 3.09. The largest absolute Gasteiger partial charge is 0.486 e. The van der Waals surface area contributed by atoms with E-state index in [0.29, 0.717) is 5.92 Å². The first-order valence-corrected chi connectivity index (χ1v) is 7.13. The molecule has 2 nitrogen and oxygen atoms in total. The number of nitrogens with one attached hydrogen (secondary N) is 1. The van der Waals surface area contributed by atoms with Gasteiger partial charge >= 0.3 is 0 Å². The van der Waals surface area contributed by atoms with Gasteiger partial charge < -0.3 is 10.1 Å². The van der Waals surface area contributed by atoms with Gasteiger partial charge in [0, 0.05) is 6.54 Å². The molecule has 1 saturated carbocycles. The Balaban J connectivity index is 1.92. The van der Waals surface area contributed by atoms with E-state index in [1.54, 1.807) is 0 Å². The second kappa shape index (κ2) is 5.75. The van der Waals surface area contributed by atoms with Crippen molar-refractivity contribution in [1.29, 1.82) is 0 Å². The summed E-state index contributed by atoms with van der Waals surface area (Å²) in [6.07, 6.45) is 3.39. The Kier molecular flexibility index (Phi) is 4.28. The lowest BCUT2D eigenvalue weighted by atomic mass is 10.1. The van der Waals surface area contributed by atoms with E-state index in [2.05, 4.69) is 50.4 Å². The fourth-order valence-electron chi connectivity index (χ4n) is 2.17. The van der Waals surface area contributed by atoms with E-state index in [-0.39, 0.29) is 5.60 Å². The first-order valence-electron chi connectivity index (χ1n) is 7.13. The molecule has 1 aromatic carbocycles. The van der Waals surface area contributed by atoms with Crippen LogP contribution in [0.15, 0.2) is 24.3 Å². The summed E-state index contributed by atoms with van der Waals surface area (Å²) in [6, 6.07) is 8.41. The van der Waals surface area contributed by atoms with Gasteiger partial charge in [0.25, 0.3) is 0 Å². The fraction of sp³-hybridized carbons (Fsp3) is 0.625. The van der Waals surface area contributed by atoms with Crippen LogP contribution in [0.4, 0.5) is 0 Å². The van der Waals surface area contributed by atoms with Gasteiger partial charge in [0.05, 0.1) is 0 Å². The normalized spacial score (nSPS) is 16.9. The Bertz CT molecular complexity index is 382. The molecule has 1 aliphatic carbocycles. The third kappa shape index (κ3) is 3.49. The van der Waals surface area contributed by atoms with Gasteiger partial charge in [-0.1, -0.05) is 39.0 Å². The van der Waals surface area contributed by atoms with Crippen LogP contribution in [0.5, 0.6) is 5.75 Å². The van der Waals surface area contributed by atoms with Crippen molar-refractivity contribution in [2.75, 3.05) is 13.1 Å². The summed E-state index contributed by atoms with van der Waals surface area (Å²) in [5.74, 6) is 1.77. The molecule has 100 valence electrons. The molecule has 1 N–H and O–H groups in total. The maximum absolute atomic E-state index is 6.25. The van der Waals surface area contributed by atoms with Crippen molar-refractivity contribution in [3.8, 4) is 5.75 Å². The number of hydrogen-bond acceptors (Lipinski definition) is 2. The van der Waals surface area contributed by atoms with Gasteiger partial charge in [-0.05, 0) is 43.4 Å². The van der Waals surface area contributed by atoms with E-state index >= 15 is 0 Å². The van der Waals surface area contributed by atoms with Crippen molar-refractivity contribution in [2.24, 2.45) is 5.92 Å². The summed E-state index contributed by atoms with van der Waals surface area (Å²) in [5.41, 5.74) is 1.38. The molecule has 2 rings (SSSR count). The minimum Gasteiger partial charge on any atom is -0.486 e. The van der Waals surface area contributed by atoms with Crippen LogP contribution in [0.25, 0.3) is 0 Å². The minimum atomic E-state index is 0.0696. The highest BCUT2D eigenvalue weighted by Crippen LogP contribution is 2.40. The Labute approximate surface area is 111 Å². The predicted octanol–water partition coefficient (Wildman–Crippen LogP) is 3.41. The van der Waals surface area contributed by atoms with Gasteiger partial charge in [0.15, 0.2) is 0 Å². The summed E-state index contributed by atoms with van der Waals surface area (Å²) in [7, 11) is 0. The lowest BCUT2D eigenvalue weighted by molar-refractivity contribution is 0.172. The van der Waals surface area contributed by atoms with Gasteiger partial charge in [0.1, 0.15) is 11.4 Å². The SMILES string of the molecule is CCc1ccccc1OC1(CNCC(C)C)CC1. The van der Waals surface area contributed by atoms with Gasteiger partial charge in [0.2, 0.25) is 0 Å². The van der Waals surface area contributed by atoms with Gasteiger partial charge in [-0.25, -0.2) is 0 Å². The molecule has 0 aromatic heterocycles. The van der Waals surface area contributed by atoms with Crippen LogP contribution in [-0.4, -0.2) is 18.7 Å². The van der Waals surface area contributed by atoms with Crippen LogP contribution in [0.3, 0.4) is 0 Å². The molecule has 1 aromatic rings. The van der Waals surface area contributed by atoms with E-state index in [1.807, 2.05) is 0 Å². The van der Waals surface area contributed by atoms with Crippen LogP contribution < -0.4 is 10.1 Å². The van der Waals surface area contributed by atoms with Crippen molar-refractivity contribution < 1.29 is 4.74 Å². The molecule has 0 bridgehead atoms. The summed E-state index contributed by atoms with van der Waals surface area (Å²) in [4.78, 5) is 0. The third-order valence-electron chi connectivity index (χ3n) is 3.49. The standard InChI is InChI=1S/C16H25NO/c1-4-14-7-5-6-8-15(14)18-16(9-10-16)12-17-11-13(2)3/h5-8,13,17H,4,9-12H2,1-3H3. The van der Waals surface area contributed by atoms with Gasteiger partial charge in [-0.15, -0.1) is 0 Å². The maximum atomic E-state index is 6.25. The molecule has 0 radical (unpaired) electrons. The van der Waals surface area contributed by atoms with Crippen molar-refractivity contribution in [1.82, 2.24) is 5.32 Å². The molecule has 0 amide bonds. The van der Waals surface area contributed by atoms with Crippen LogP contribution in [0, 0.1) is 5.92 Å². The Morgan fingerprint density at radius 1 is 1.28 bits per heavy atom. The van der Waals surface area contributed by atoms with Gasteiger partial charge in [-0.3, -0.25) is 0 Å². The number of aryl methyl sites for hydroxylation is 1. The molecule has 1 aliphatic rings.